The Labute approximate surface area is 162 Å². The van der Waals surface area contributed by atoms with E-state index in [0.717, 1.165) is 15.6 Å². The lowest BCUT2D eigenvalue weighted by molar-refractivity contribution is -0.120. The summed E-state index contributed by atoms with van der Waals surface area (Å²) in [6.45, 7) is 5.91. The molecule has 0 aliphatic carbocycles. The number of carbonyl (C=O) groups excluding carboxylic acids is 2. The van der Waals surface area contributed by atoms with Crippen molar-refractivity contribution in [3.05, 3.63) is 64.1 Å². The van der Waals surface area contributed by atoms with E-state index in [4.69, 9.17) is 4.74 Å². The van der Waals surface area contributed by atoms with E-state index in [2.05, 4.69) is 26.6 Å². The highest BCUT2D eigenvalue weighted by Gasteiger charge is 2.16. The highest BCUT2D eigenvalue weighted by molar-refractivity contribution is 9.10. The molecule has 0 bridgehead atoms. The van der Waals surface area contributed by atoms with E-state index in [-0.39, 0.29) is 12.3 Å². The third-order valence-corrected chi connectivity index (χ3v) is 3.84. The monoisotopic (exact) mass is 418 g/mol. The summed E-state index contributed by atoms with van der Waals surface area (Å²) in [4.78, 5) is 23.8. The summed E-state index contributed by atoms with van der Waals surface area (Å²) in [6.07, 6.45) is -0.224. The fraction of sp³-hybridized carbons (Fsp3) is 0.300. The first-order chi connectivity index (χ1) is 12.2. The second kappa shape index (κ2) is 8.85. The number of amides is 2. The van der Waals surface area contributed by atoms with Gasteiger partial charge in [-0.05, 0) is 56.2 Å². The molecule has 0 spiro atoms. The Morgan fingerprint density at radius 3 is 2.35 bits per heavy atom. The number of hydrogen-bond acceptors (Lipinski definition) is 3. The molecule has 0 unspecified atom stereocenters. The molecule has 2 rings (SSSR count). The molecule has 6 heteroatoms. The molecular weight excluding hydrogens is 396 g/mol. The first-order valence-electron chi connectivity index (χ1n) is 8.31. The smallest absolute Gasteiger partial charge is 0.412 e. The minimum Gasteiger partial charge on any atom is -0.444 e. The molecule has 26 heavy (non-hydrogen) atoms. The average Bonchev–Trinajstić information content (AvgIpc) is 2.53. The Balaban J connectivity index is 1.82. The number of hydrogen-bond donors (Lipinski definition) is 2. The molecule has 0 saturated heterocycles. The van der Waals surface area contributed by atoms with Crippen LogP contribution >= 0.6 is 15.9 Å². The molecule has 0 heterocycles. The van der Waals surface area contributed by atoms with Crippen LogP contribution in [0.25, 0.3) is 0 Å². The van der Waals surface area contributed by atoms with Crippen molar-refractivity contribution in [1.82, 2.24) is 5.32 Å². The summed E-state index contributed by atoms with van der Waals surface area (Å²) in [6, 6.07) is 14.9. The topological polar surface area (TPSA) is 67.4 Å². The van der Waals surface area contributed by atoms with E-state index in [0.29, 0.717) is 12.2 Å². The van der Waals surface area contributed by atoms with E-state index in [1.165, 1.54) is 0 Å². The van der Waals surface area contributed by atoms with Gasteiger partial charge in [0, 0.05) is 16.7 Å². The fourth-order valence-corrected chi connectivity index (χ4v) is 2.67. The normalized spacial score (nSPS) is 10.9. The van der Waals surface area contributed by atoms with Crippen LogP contribution in [-0.2, 0) is 22.5 Å². The number of rotatable bonds is 5. The van der Waals surface area contributed by atoms with Crippen molar-refractivity contribution in [2.24, 2.45) is 0 Å². The molecule has 2 N–H and O–H groups in total. The van der Waals surface area contributed by atoms with Gasteiger partial charge >= 0.3 is 6.09 Å². The molecule has 0 atom stereocenters. The van der Waals surface area contributed by atoms with E-state index >= 15 is 0 Å². The molecular formula is C20H23BrN2O3. The maximum absolute atomic E-state index is 12.1. The van der Waals surface area contributed by atoms with Crippen molar-refractivity contribution in [2.45, 2.75) is 39.3 Å². The van der Waals surface area contributed by atoms with Crippen LogP contribution in [0.4, 0.5) is 10.5 Å². The zero-order valence-corrected chi connectivity index (χ0v) is 16.7. The Morgan fingerprint density at radius 2 is 1.73 bits per heavy atom. The predicted octanol–water partition coefficient (Wildman–Crippen LogP) is 4.66. The highest BCUT2D eigenvalue weighted by Crippen LogP contribution is 2.14. The summed E-state index contributed by atoms with van der Waals surface area (Å²) in [5, 5.41) is 5.56. The van der Waals surface area contributed by atoms with Gasteiger partial charge in [0.15, 0.2) is 0 Å². The lowest BCUT2D eigenvalue weighted by Gasteiger charge is -2.19. The molecule has 0 radical (unpaired) electrons. The first-order valence-corrected chi connectivity index (χ1v) is 9.11. The zero-order chi connectivity index (χ0) is 19.2. The quantitative estimate of drug-likeness (QED) is 0.741. The molecule has 0 aliphatic heterocycles. The van der Waals surface area contributed by atoms with Crippen molar-refractivity contribution in [1.29, 1.82) is 0 Å². The highest BCUT2D eigenvalue weighted by atomic mass is 79.9. The van der Waals surface area contributed by atoms with Crippen molar-refractivity contribution >= 4 is 33.6 Å². The average molecular weight is 419 g/mol. The van der Waals surface area contributed by atoms with Crippen LogP contribution in [0.3, 0.4) is 0 Å². The number of benzene rings is 2. The molecule has 0 saturated carbocycles. The first kappa shape index (κ1) is 20.0. The number of anilines is 1. The Bertz CT molecular complexity index is 767. The lowest BCUT2D eigenvalue weighted by Crippen LogP contribution is -2.27. The molecule has 5 nitrogen and oxygen atoms in total. The van der Waals surface area contributed by atoms with Crippen LogP contribution < -0.4 is 10.6 Å². The Morgan fingerprint density at radius 1 is 1.04 bits per heavy atom. The summed E-state index contributed by atoms with van der Waals surface area (Å²) in [5.74, 6) is -0.0576. The Kier molecular flexibility index (Phi) is 6.80. The summed E-state index contributed by atoms with van der Waals surface area (Å²) in [5.41, 5.74) is 1.98. The van der Waals surface area contributed by atoms with Crippen molar-refractivity contribution in [2.75, 3.05) is 5.32 Å². The fourth-order valence-electron chi connectivity index (χ4n) is 2.22. The molecule has 0 fully saturated rings. The van der Waals surface area contributed by atoms with Gasteiger partial charge in [0.1, 0.15) is 5.60 Å². The summed E-state index contributed by atoms with van der Waals surface area (Å²) < 4.78 is 6.18. The third-order valence-electron chi connectivity index (χ3n) is 3.34. The van der Waals surface area contributed by atoms with Gasteiger partial charge in [-0.25, -0.2) is 4.79 Å². The van der Waals surface area contributed by atoms with Gasteiger partial charge in [-0.15, -0.1) is 0 Å². The van der Waals surface area contributed by atoms with Crippen LogP contribution in [0.5, 0.6) is 0 Å². The van der Waals surface area contributed by atoms with Crippen LogP contribution in [0.1, 0.15) is 31.9 Å². The van der Waals surface area contributed by atoms with Crippen molar-refractivity contribution in [3.8, 4) is 0 Å². The number of carbonyl (C=O) groups is 2. The molecule has 2 aromatic rings. The second-order valence-electron chi connectivity index (χ2n) is 6.91. The molecule has 0 aliphatic rings. The standard InChI is InChI=1S/C20H23BrN2O3/c1-20(2,3)26-19(25)23-17-9-7-14(8-10-17)12-18(24)22-13-15-5-4-6-16(21)11-15/h4-11H,12-13H2,1-3H3,(H,22,24)(H,23,25). The van der Waals surface area contributed by atoms with Gasteiger partial charge in [0.2, 0.25) is 5.91 Å². The minimum absolute atomic E-state index is 0.0576. The SMILES string of the molecule is CC(C)(C)OC(=O)Nc1ccc(CC(=O)NCc2cccc(Br)c2)cc1. The number of halogens is 1. The van der Waals surface area contributed by atoms with Crippen LogP contribution in [0, 0.1) is 0 Å². The second-order valence-corrected chi connectivity index (χ2v) is 7.82. The third kappa shape index (κ3) is 7.27. The van der Waals surface area contributed by atoms with E-state index in [1.807, 2.05) is 57.2 Å². The van der Waals surface area contributed by atoms with Crippen LogP contribution in [0.2, 0.25) is 0 Å². The number of nitrogens with one attached hydrogen (secondary N) is 2. The van der Waals surface area contributed by atoms with E-state index < -0.39 is 11.7 Å². The van der Waals surface area contributed by atoms with Gasteiger partial charge < -0.3 is 10.1 Å². The van der Waals surface area contributed by atoms with Gasteiger partial charge in [-0.2, -0.15) is 0 Å². The molecule has 2 amide bonds. The van der Waals surface area contributed by atoms with Crippen molar-refractivity contribution in [3.63, 3.8) is 0 Å². The van der Waals surface area contributed by atoms with E-state index in [1.54, 1.807) is 12.1 Å². The predicted molar refractivity (Wildman–Crippen MR) is 106 cm³/mol. The maximum Gasteiger partial charge on any atom is 0.412 e. The summed E-state index contributed by atoms with van der Waals surface area (Å²) in [7, 11) is 0. The molecule has 0 aromatic heterocycles. The van der Waals surface area contributed by atoms with Gasteiger partial charge in [0.05, 0.1) is 6.42 Å². The van der Waals surface area contributed by atoms with Crippen LogP contribution in [0.15, 0.2) is 53.0 Å². The number of ether oxygens (including phenoxy) is 1. The largest absolute Gasteiger partial charge is 0.444 e. The minimum atomic E-state index is -0.545. The van der Waals surface area contributed by atoms with Gasteiger partial charge in [0.25, 0.3) is 0 Å². The maximum atomic E-state index is 12.1. The van der Waals surface area contributed by atoms with Gasteiger partial charge in [-0.3, -0.25) is 10.1 Å². The molecule has 138 valence electrons. The zero-order valence-electron chi connectivity index (χ0n) is 15.1. The summed E-state index contributed by atoms with van der Waals surface area (Å²) >= 11 is 3.41. The van der Waals surface area contributed by atoms with Crippen molar-refractivity contribution < 1.29 is 14.3 Å². The molecule has 2 aromatic carbocycles. The lowest BCUT2D eigenvalue weighted by atomic mass is 10.1. The van der Waals surface area contributed by atoms with Crippen LogP contribution in [-0.4, -0.2) is 17.6 Å². The Hall–Kier alpha value is -2.34. The van der Waals surface area contributed by atoms with Gasteiger partial charge in [-0.1, -0.05) is 40.2 Å². The van der Waals surface area contributed by atoms with E-state index in [9.17, 15) is 9.59 Å².